The Morgan fingerprint density at radius 2 is 1.77 bits per heavy atom. The van der Waals surface area contributed by atoms with Crippen LogP contribution in [-0.2, 0) is 10.9 Å². The van der Waals surface area contributed by atoms with E-state index in [9.17, 15) is 13.2 Å². The molecule has 35 heavy (non-hydrogen) atoms. The Hall–Kier alpha value is -3.33. The number of hydrogen-bond acceptors (Lipinski definition) is 5. The Bertz CT molecular complexity index is 1380. The maximum Gasteiger partial charge on any atom is 0.416 e. The van der Waals surface area contributed by atoms with Gasteiger partial charge in [0, 0.05) is 40.9 Å². The summed E-state index contributed by atoms with van der Waals surface area (Å²) in [5.74, 6) is 0.686. The number of alkyl halides is 3. The topological polar surface area (TPSA) is 65.7 Å². The van der Waals surface area contributed by atoms with Gasteiger partial charge in [-0.2, -0.15) is 18.3 Å². The maximum absolute atomic E-state index is 13.1. The van der Waals surface area contributed by atoms with Gasteiger partial charge in [-0.25, -0.2) is 15.0 Å². The zero-order valence-electron chi connectivity index (χ0n) is 19.2. The third-order valence-electron chi connectivity index (χ3n) is 6.77. The van der Waals surface area contributed by atoms with Crippen LogP contribution in [0.2, 0.25) is 0 Å². The molecule has 0 radical (unpaired) electrons. The van der Waals surface area contributed by atoms with Gasteiger partial charge in [-0.15, -0.1) is 0 Å². The third kappa shape index (κ3) is 4.40. The quantitative estimate of drug-likeness (QED) is 0.349. The number of aromatic nitrogens is 5. The van der Waals surface area contributed by atoms with Crippen molar-refractivity contribution in [1.29, 1.82) is 0 Å². The van der Waals surface area contributed by atoms with Crippen LogP contribution in [0, 0.1) is 6.92 Å². The first-order chi connectivity index (χ1) is 16.8. The van der Waals surface area contributed by atoms with Crippen LogP contribution in [0.4, 0.5) is 13.2 Å². The van der Waals surface area contributed by atoms with Gasteiger partial charge in [0.05, 0.1) is 29.6 Å². The summed E-state index contributed by atoms with van der Waals surface area (Å²) in [4.78, 5) is 14.3. The fourth-order valence-corrected chi connectivity index (χ4v) is 4.66. The smallest absolute Gasteiger partial charge is 0.373 e. The lowest BCUT2D eigenvalue weighted by Crippen LogP contribution is -2.20. The molecule has 0 bridgehead atoms. The van der Waals surface area contributed by atoms with Crippen molar-refractivity contribution >= 4 is 11.0 Å². The summed E-state index contributed by atoms with van der Waals surface area (Å²) in [6, 6.07) is 9.36. The highest BCUT2D eigenvalue weighted by atomic mass is 19.4. The number of pyridine rings is 1. The predicted molar refractivity (Wildman–Crippen MR) is 124 cm³/mol. The minimum atomic E-state index is -4.39. The number of rotatable bonds is 4. The minimum Gasteiger partial charge on any atom is -0.373 e. The number of benzene rings is 1. The van der Waals surface area contributed by atoms with Crippen LogP contribution in [0.5, 0.6) is 0 Å². The van der Waals surface area contributed by atoms with E-state index < -0.39 is 11.7 Å². The highest BCUT2D eigenvalue weighted by Gasteiger charge is 2.32. The molecule has 0 spiro atoms. The molecule has 2 atom stereocenters. The lowest BCUT2D eigenvalue weighted by atomic mass is 9.92. The van der Waals surface area contributed by atoms with E-state index in [1.54, 1.807) is 0 Å². The molecule has 1 aliphatic carbocycles. The highest BCUT2D eigenvalue weighted by Crippen LogP contribution is 2.40. The van der Waals surface area contributed by atoms with E-state index >= 15 is 0 Å². The summed E-state index contributed by atoms with van der Waals surface area (Å²) in [6.07, 6.45) is 3.27. The van der Waals surface area contributed by atoms with Gasteiger partial charge in [0.1, 0.15) is 5.82 Å². The molecular weight excluding hydrogens is 455 g/mol. The van der Waals surface area contributed by atoms with Crippen molar-refractivity contribution in [3.05, 3.63) is 71.4 Å². The van der Waals surface area contributed by atoms with E-state index in [2.05, 4.69) is 16.3 Å². The molecule has 6 rings (SSSR count). The highest BCUT2D eigenvalue weighted by molar-refractivity contribution is 5.90. The van der Waals surface area contributed by atoms with Crippen molar-refractivity contribution in [2.45, 2.75) is 56.8 Å². The van der Waals surface area contributed by atoms with Crippen molar-refractivity contribution in [1.82, 2.24) is 24.7 Å². The summed E-state index contributed by atoms with van der Waals surface area (Å²) in [7, 11) is 0. The number of halogens is 3. The number of hydrogen-bond donors (Lipinski definition) is 0. The minimum absolute atomic E-state index is 0.0398. The molecule has 0 amide bonds. The maximum atomic E-state index is 13.1. The molecule has 1 saturated heterocycles. The SMILES string of the molecule is Cc1ccc2c(-c3ccc(C(F)(F)F)cc3)nc([C@H]3CCO[C@@H](c4cnn(C5CC5)c4)C3)nc2n1. The number of nitrogens with zero attached hydrogens (tertiary/aromatic N) is 5. The number of fused-ring (bicyclic) bond motifs is 1. The third-order valence-corrected chi connectivity index (χ3v) is 6.77. The monoisotopic (exact) mass is 479 g/mol. The van der Waals surface area contributed by atoms with Gasteiger partial charge in [0.25, 0.3) is 0 Å². The Morgan fingerprint density at radius 1 is 0.971 bits per heavy atom. The molecule has 0 N–H and O–H groups in total. The van der Waals surface area contributed by atoms with E-state index in [4.69, 9.17) is 14.7 Å². The fraction of sp³-hybridized carbons (Fsp3) is 0.385. The van der Waals surface area contributed by atoms with Crippen LogP contribution in [0.3, 0.4) is 0 Å². The molecule has 1 aromatic carbocycles. The molecule has 180 valence electrons. The van der Waals surface area contributed by atoms with Crippen molar-refractivity contribution in [3.8, 4) is 11.3 Å². The molecule has 4 heterocycles. The van der Waals surface area contributed by atoms with Crippen molar-refractivity contribution in [2.75, 3.05) is 6.61 Å². The van der Waals surface area contributed by atoms with Crippen LogP contribution in [0.15, 0.2) is 48.8 Å². The van der Waals surface area contributed by atoms with Gasteiger partial charge >= 0.3 is 6.18 Å². The Morgan fingerprint density at radius 3 is 2.51 bits per heavy atom. The molecule has 4 aromatic rings. The molecule has 1 saturated carbocycles. The molecule has 0 unspecified atom stereocenters. The van der Waals surface area contributed by atoms with Crippen LogP contribution in [0.25, 0.3) is 22.3 Å². The van der Waals surface area contributed by atoms with Crippen molar-refractivity contribution < 1.29 is 17.9 Å². The molecule has 6 nitrogen and oxygen atoms in total. The van der Waals surface area contributed by atoms with Gasteiger partial charge in [-0.3, -0.25) is 4.68 Å². The molecule has 9 heteroatoms. The van der Waals surface area contributed by atoms with Crippen LogP contribution < -0.4 is 0 Å². The first kappa shape index (κ1) is 22.2. The van der Waals surface area contributed by atoms with E-state index in [1.165, 1.54) is 25.0 Å². The van der Waals surface area contributed by atoms with Gasteiger partial charge < -0.3 is 4.74 Å². The van der Waals surface area contributed by atoms with Crippen molar-refractivity contribution in [3.63, 3.8) is 0 Å². The van der Waals surface area contributed by atoms with Gasteiger partial charge in [0.15, 0.2) is 5.65 Å². The first-order valence-electron chi connectivity index (χ1n) is 11.8. The summed E-state index contributed by atoms with van der Waals surface area (Å²) < 4.78 is 47.4. The van der Waals surface area contributed by atoms with E-state index in [1.807, 2.05) is 29.9 Å². The fourth-order valence-electron chi connectivity index (χ4n) is 4.66. The molecule has 2 fully saturated rings. The van der Waals surface area contributed by atoms with Gasteiger partial charge in [0.2, 0.25) is 0 Å². The van der Waals surface area contributed by atoms with E-state index in [-0.39, 0.29) is 12.0 Å². The largest absolute Gasteiger partial charge is 0.416 e. The van der Waals surface area contributed by atoms with Crippen LogP contribution in [-0.4, -0.2) is 31.3 Å². The second-order valence-corrected chi connectivity index (χ2v) is 9.39. The van der Waals surface area contributed by atoms with Crippen molar-refractivity contribution in [2.24, 2.45) is 0 Å². The van der Waals surface area contributed by atoms with Crippen LogP contribution in [0.1, 0.15) is 66.4 Å². The zero-order chi connectivity index (χ0) is 24.2. The van der Waals surface area contributed by atoms with Crippen LogP contribution >= 0.6 is 0 Å². The second-order valence-electron chi connectivity index (χ2n) is 9.39. The Kier molecular flexibility index (Phi) is 5.32. The van der Waals surface area contributed by atoms with Gasteiger partial charge in [-0.05, 0) is 56.9 Å². The summed E-state index contributed by atoms with van der Waals surface area (Å²) in [5.41, 5.74) is 2.93. The lowest BCUT2D eigenvalue weighted by Gasteiger charge is -2.28. The Balaban J connectivity index is 1.36. The normalized spacial score (nSPS) is 20.9. The van der Waals surface area contributed by atoms with E-state index in [0.717, 1.165) is 29.8 Å². The molecular formula is C26H24F3N5O. The lowest BCUT2D eigenvalue weighted by molar-refractivity contribution is -0.137. The summed E-state index contributed by atoms with van der Waals surface area (Å²) in [6.45, 7) is 2.46. The standard InChI is InChI=1S/C26H24F3N5O/c1-15-2-9-21-23(16-3-5-19(6-4-16)26(27,28)29)32-24(33-25(21)31-15)17-10-11-35-22(12-17)18-13-30-34(14-18)20-7-8-20/h2-6,9,13-14,17,20,22H,7-8,10-12H2,1H3/t17-,22+/m0/s1. The first-order valence-corrected chi connectivity index (χ1v) is 11.8. The number of aryl methyl sites for hydroxylation is 1. The summed E-state index contributed by atoms with van der Waals surface area (Å²) >= 11 is 0. The van der Waals surface area contributed by atoms with E-state index in [0.29, 0.717) is 47.2 Å². The van der Waals surface area contributed by atoms with Gasteiger partial charge in [-0.1, -0.05) is 12.1 Å². The Labute approximate surface area is 200 Å². The molecule has 2 aliphatic rings. The zero-order valence-corrected chi connectivity index (χ0v) is 19.2. The average molecular weight is 480 g/mol. The second kappa shape index (κ2) is 8.41. The predicted octanol–water partition coefficient (Wildman–Crippen LogP) is 6.19. The molecule has 3 aromatic heterocycles. The average Bonchev–Trinajstić information content (AvgIpc) is 3.59. The summed E-state index contributed by atoms with van der Waals surface area (Å²) in [5, 5.41) is 5.21. The number of ether oxygens (including phenoxy) is 1. The molecule has 1 aliphatic heterocycles.